The first-order valence-corrected chi connectivity index (χ1v) is 5.69. The number of hydrogen-bond acceptors (Lipinski definition) is 2. The summed E-state index contributed by atoms with van der Waals surface area (Å²) in [4.78, 5) is 10.9. The van der Waals surface area contributed by atoms with Crippen molar-refractivity contribution >= 4 is 44.5 Å². The Kier molecular flexibility index (Phi) is 3.19. The molecule has 1 saturated heterocycles. The van der Waals surface area contributed by atoms with E-state index in [0.717, 1.165) is 0 Å². The Morgan fingerprint density at radius 3 is 2.45 bits per heavy atom. The van der Waals surface area contributed by atoms with Gasteiger partial charge in [0.1, 0.15) is 10.9 Å². The SMILES string of the molecule is CC(I)[C@@H]1OC(=O)[C@H](Br)[C@@H]1C. The Balaban J connectivity index is 2.67. The van der Waals surface area contributed by atoms with Gasteiger partial charge in [-0.1, -0.05) is 45.4 Å². The van der Waals surface area contributed by atoms with Gasteiger partial charge in [0.25, 0.3) is 0 Å². The number of hydrogen-bond donors (Lipinski definition) is 0. The molecule has 64 valence electrons. The molecule has 4 atom stereocenters. The van der Waals surface area contributed by atoms with Crippen molar-refractivity contribution in [2.45, 2.75) is 28.7 Å². The molecule has 0 spiro atoms. The van der Waals surface area contributed by atoms with Gasteiger partial charge in [-0.05, 0) is 6.92 Å². The van der Waals surface area contributed by atoms with Gasteiger partial charge >= 0.3 is 5.97 Å². The fourth-order valence-corrected chi connectivity index (χ4v) is 2.41. The summed E-state index contributed by atoms with van der Waals surface area (Å²) >= 11 is 5.58. The van der Waals surface area contributed by atoms with E-state index >= 15 is 0 Å². The highest BCUT2D eigenvalue weighted by Gasteiger charge is 2.41. The standard InChI is InChI=1S/C7H10BrIO2/c1-3-5(8)7(10)11-6(3)4(2)9/h3-6H,1-2H3/t3-,4?,5+,6+/m0/s1. The molecule has 1 aliphatic heterocycles. The van der Waals surface area contributed by atoms with Crippen LogP contribution in [0.1, 0.15) is 13.8 Å². The molecule has 0 radical (unpaired) electrons. The maximum Gasteiger partial charge on any atom is 0.320 e. The molecule has 1 unspecified atom stereocenters. The number of carbonyl (C=O) groups excluding carboxylic acids is 1. The van der Waals surface area contributed by atoms with Crippen LogP contribution in [0.15, 0.2) is 0 Å². The Hall–Kier alpha value is 0.680. The zero-order valence-corrected chi connectivity index (χ0v) is 10.1. The highest BCUT2D eigenvalue weighted by molar-refractivity contribution is 14.1. The van der Waals surface area contributed by atoms with Crippen molar-refractivity contribution in [2.75, 3.05) is 0 Å². The second kappa shape index (κ2) is 3.60. The zero-order valence-electron chi connectivity index (χ0n) is 6.38. The topological polar surface area (TPSA) is 26.3 Å². The van der Waals surface area contributed by atoms with Crippen molar-refractivity contribution in [1.82, 2.24) is 0 Å². The molecule has 11 heavy (non-hydrogen) atoms. The Morgan fingerprint density at radius 2 is 2.27 bits per heavy atom. The molecule has 1 fully saturated rings. The van der Waals surface area contributed by atoms with Gasteiger partial charge in [0.05, 0.1) is 0 Å². The molecule has 2 nitrogen and oxygen atoms in total. The number of cyclic esters (lactones) is 1. The minimum absolute atomic E-state index is 0.0764. The van der Waals surface area contributed by atoms with Crippen LogP contribution in [-0.4, -0.2) is 20.8 Å². The number of rotatable bonds is 1. The van der Waals surface area contributed by atoms with E-state index in [1.54, 1.807) is 0 Å². The van der Waals surface area contributed by atoms with Crippen LogP contribution in [0.5, 0.6) is 0 Å². The van der Waals surface area contributed by atoms with Crippen molar-refractivity contribution in [3.8, 4) is 0 Å². The van der Waals surface area contributed by atoms with Crippen molar-refractivity contribution in [2.24, 2.45) is 5.92 Å². The minimum Gasteiger partial charge on any atom is -0.460 e. The lowest BCUT2D eigenvalue weighted by Crippen LogP contribution is -2.24. The lowest BCUT2D eigenvalue weighted by molar-refractivity contribution is -0.140. The number of alkyl halides is 2. The van der Waals surface area contributed by atoms with Gasteiger partial charge in [0.15, 0.2) is 0 Å². The summed E-state index contributed by atoms with van der Waals surface area (Å²) in [7, 11) is 0. The maximum absolute atomic E-state index is 11.0. The molecular weight excluding hydrogens is 323 g/mol. The van der Waals surface area contributed by atoms with E-state index in [0.29, 0.717) is 3.92 Å². The van der Waals surface area contributed by atoms with Crippen molar-refractivity contribution < 1.29 is 9.53 Å². The largest absolute Gasteiger partial charge is 0.460 e. The van der Waals surface area contributed by atoms with E-state index in [1.165, 1.54) is 0 Å². The van der Waals surface area contributed by atoms with Crippen LogP contribution in [-0.2, 0) is 9.53 Å². The molecule has 0 bridgehead atoms. The van der Waals surface area contributed by atoms with Gasteiger partial charge in [-0.2, -0.15) is 0 Å². The summed E-state index contributed by atoms with van der Waals surface area (Å²) in [5, 5.41) is 0. The van der Waals surface area contributed by atoms with E-state index in [4.69, 9.17) is 4.74 Å². The highest BCUT2D eigenvalue weighted by Crippen LogP contribution is 2.32. The third-order valence-corrected chi connectivity index (χ3v) is 3.83. The second-order valence-corrected chi connectivity index (χ2v) is 5.79. The monoisotopic (exact) mass is 332 g/mol. The molecule has 0 N–H and O–H groups in total. The van der Waals surface area contributed by atoms with Gasteiger partial charge in [-0.3, -0.25) is 4.79 Å². The van der Waals surface area contributed by atoms with Crippen molar-refractivity contribution in [3.05, 3.63) is 0 Å². The molecule has 1 rings (SSSR count). The van der Waals surface area contributed by atoms with Crippen LogP contribution in [0.2, 0.25) is 0 Å². The maximum atomic E-state index is 11.0. The summed E-state index contributed by atoms with van der Waals surface area (Å²) in [6.45, 7) is 4.09. The molecular formula is C7H10BrIO2. The molecule has 0 aromatic heterocycles. The van der Waals surface area contributed by atoms with Crippen molar-refractivity contribution in [3.63, 3.8) is 0 Å². The smallest absolute Gasteiger partial charge is 0.320 e. The van der Waals surface area contributed by atoms with Gasteiger partial charge in [0, 0.05) is 9.84 Å². The summed E-state index contributed by atoms with van der Waals surface area (Å²) in [6.07, 6.45) is 0.0764. The fraction of sp³-hybridized carbons (Fsp3) is 0.857. The number of halogens is 2. The van der Waals surface area contributed by atoms with E-state index in [1.807, 2.05) is 6.92 Å². The second-order valence-electron chi connectivity index (χ2n) is 2.84. The molecule has 1 heterocycles. The first-order chi connectivity index (χ1) is 5.04. The predicted octanol–water partition coefficient (Wildman–Crippen LogP) is 2.13. The van der Waals surface area contributed by atoms with Gasteiger partial charge in [0.2, 0.25) is 0 Å². The van der Waals surface area contributed by atoms with Gasteiger partial charge in [-0.15, -0.1) is 0 Å². The van der Waals surface area contributed by atoms with Gasteiger partial charge in [-0.25, -0.2) is 0 Å². The van der Waals surface area contributed by atoms with Crippen LogP contribution < -0.4 is 0 Å². The van der Waals surface area contributed by atoms with Gasteiger partial charge < -0.3 is 4.74 Å². The third-order valence-electron chi connectivity index (χ3n) is 1.91. The quantitative estimate of drug-likeness (QED) is 0.418. The average Bonchev–Trinajstić information content (AvgIpc) is 2.17. The summed E-state index contributed by atoms with van der Waals surface area (Å²) in [5.41, 5.74) is 0. The molecule has 0 aromatic rings. The number of esters is 1. The van der Waals surface area contributed by atoms with Crippen LogP contribution in [0.4, 0.5) is 0 Å². The Morgan fingerprint density at radius 1 is 1.73 bits per heavy atom. The normalized spacial score (nSPS) is 40.4. The van der Waals surface area contributed by atoms with E-state index < -0.39 is 0 Å². The predicted molar refractivity (Wildman–Crippen MR) is 55.2 cm³/mol. The molecule has 1 aliphatic rings. The van der Waals surface area contributed by atoms with Crippen LogP contribution in [0.3, 0.4) is 0 Å². The van der Waals surface area contributed by atoms with Crippen LogP contribution in [0, 0.1) is 5.92 Å². The third kappa shape index (κ3) is 1.88. The zero-order chi connectivity index (χ0) is 8.59. The van der Waals surface area contributed by atoms with Crippen molar-refractivity contribution in [1.29, 1.82) is 0 Å². The van der Waals surface area contributed by atoms with Crippen LogP contribution >= 0.6 is 38.5 Å². The summed E-state index contributed by atoms with van der Waals surface area (Å²) in [5.74, 6) is 0.167. The lowest BCUT2D eigenvalue weighted by atomic mass is 10.0. The Bertz CT molecular complexity index is 172. The first-order valence-electron chi connectivity index (χ1n) is 3.52. The Labute approximate surface area is 88.3 Å². The fourth-order valence-electron chi connectivity index (χ4n) is 1.20. The van der Waals surface area contributed by atoms with E-state index in [9.17, 15) is 4.79 Å². The van der Waals surface area contributed by atoms with E-state index in [-0.39, 0.29) is 22.8 Å². The summed E-state index contributed by atoms with van der Waals surface area (Å²) in [6, 6.07) is 0. The molecule has 0 aromatic carbocycles. The number of ether oxygens (including phenoxy) is 1. The van der Waals surface area contributed by atoms with E-state index in [2.05, 4.69) is 45.4 Å². The first kappa shape index (κ1) is 9.77. The molecule has 0 amide bonds. The lowest BCUT2D eigenvalue weighted by Gasteiger charge is -2.16. The minimum atomic E-state index is -0.119. The average molecular weight is 333 g/mol. The van der Waals surface area contributed by atoms with Crippen LogP contribution in [0.25, 0.3) is 0 Å². The highest BCUT2D eigenvalue weighted by atomic mass is 127. The molecule has 0 aliphatic carbocycles. The summed E-state index contributed by atoms with van der Waals surface area (Å²) < 4.78 is 5.54. The number of carbonyl (C=O) groups is 1. The molecule has 4 heteroatoms. The molecule has 0 saturated carbocycles.